The van der Waals surface area contributed by atoms with Crippen molar-refractivity contribution in [3.63, 3.8) is 0 Å². The molecule has 0 fully saturated rings. The normalized spacial score (nSPS) is 11.3. The minimum atomic E-state index is 0.0273. The largest absolute Gasteiger partial charge is 0.494 e. The van der Waals surface area contributed by atoms with Crippen LogP contribution in [0.15, 0.2) is 30.3 Å². The van der Waals surface area contributed by atoms with Crippen molar-refractivity contribution < 1.29 is 9.53 Å². The van der Waals surface area contributed by atoms with Gasteiger partial charge in [-0.05, 0) is 51.4 Å². The number of anilines is 1. The highest BCUT2D eigenvalue weighted by molar-refractivity contribution is 7.22. The molecule has 0 aliphatic rings. The summed E-state index contributed by atoms with van der Waals surface area (Å²) in [5.41, 5.74) is 0.875. The lowest BCUT2D eigenvalue weighted by atomic mass is 10.3. The fraction of sp³-hybridized carbons (Fsp3) is 0.368. The second-order valence-electron chi connectivity index (χ2n) is 6.29. The molecule has 2 aromatic heterocycles. The first kappa shape index (κ1) is 20.1. The molecule has 3 aromatic rings. The zero-order valence-corrected chi connectivity index (χ0v) is 18.0. The van der Waals surface area contributed by atoms with Gasteiger partial charge in [0.15, 0.2) is 5.13 Å². The molecule has 0 unspecified atom stereocenters. The molecule has 0 bridgehead atoms. The molecule has 1 aromatic carbocycles. The van der Waals surface area contributed by atoms with Crippen molar-refractivity contribution in [3.05, 3.63) is 39.5 Å². The van der Waals surface area contributed by atoms with Crippen LogP contribution in [0.25, 0.3) is 10.2 Å². The SMILES string of the molecule is CCOc1ccc2nc(N(CCN(C)C)C(=O)Cc3ccc(Cl)s3)sc2c1. The molecule has 0 aliphatic heterocycles. The second kappa shape index (κ2) is 9.01. The van der Waals surface area contributed by atoms with Crippen LogP contribution < -0.4 is 9.64 Å². The lowest BCUT2D eigenvalue weighted by molar-refractivity contribution is -0.118. The van der Waals surface area contributed by atoms with E-state index < -0.39 is 0 Å². The first-order valence-electron chi connectivity index (χ1n) is 8.69. The topological polar surface area (TPSA) is 45.7 Å². The lowest BCUT2D eigenvalue weighted by Crippen LogP contribution is -2.37. The second-order valence-corrected chi connectivity index (χ2v) is 9.10. The summed E-state index contributed by atoms with van der Waals surface area (Å²) in [5, 5.41) is 0.716. The van der Waals surface area contributed by atoms with E-state index in [1.54, 1.807) is 4.90 Å². The highest BCUT2D eigenvalue weighted by Crippen LogP contribution is 2.32. The molecule has 27 heavy (non-hydrogen) atoms. The molecule has 0 saturated carbocycles. The van der Waals surface area contributed by atoms with Gasteiger partial charge < -0.3 is 9.64 Å². The van der Waals surface area contributed by atoms with E-state index in [1.807, 2.05) is 51.4 Å². The minimum Gasteiger partial charge on any atom is -0.494 e. The van der Waals surface area contributed by atoms with Crippen molar-refractivity contribution in [2.45, 2.75) is 13.3 Å². The van der Waals surface area contributed by atoms with Gasteiger partial charge in [0.05, 0.1) is 27.6 Å². The van der Waals surface area contributed by atoms with Crippen LogP contribution in [0.3, 0.4) is 0 Å². The fourth-order valence-corrected chi connectivity index (χ4v) is 4.70. The van der Waals surface area contributed by atoms with Crippen LogP contribution in [-0.4, -0.2) is 49.6 Å². The Labute approximate surface area is 172 Å². The Morgan fingerprint density at radius 1 is 1.19 bits per heavy atom. The third kappa shape index (κ3) is 5.19. The molecule has 0 atom stereocenters. The highest BCUT2D eigenvalue weighted by atomic mass is 35.5. The number of fused-ring (bicyclic) bond motifs is 1. The first-order valence-corrected chi connectivity index (χ1v) is 10.7. The van der Waals surface area contributed by atoms with Gasteiger partial charge in [-0.1, -0.05) is 22.9 Å². The number of aromatic nitrogens is 1. The maximum atomic E-state index is 13.0. The summed E-state index contributed by atoms with van der Waals surface area (Å²) >= 11 is 8.96. The third-order valence-corrected chi connectivity index (χ3v) is 6.19. The van der Waals surface area contributed by atoms with Crippen molar-refractivity contribution in [3.8, 4) is 5.75 Å². The quantitative estimate of drug-likeness (QED) is 0.533. The number of carbonyl (C=O) groups is 1. The third-order valence-electron chi connectivity index (χ3n) is 3.92. The Morgan fingerprint density at radius 2 is 2.00 bits per heavy atom. The minimum absolute atomic E-state index is 0.0273. The number of ether oxygens (including phenoxy) is 1. The predicted molar refractivity (Wildman–Crippen MR) is 115 cm³/mol. The van der Waals surface area contributed by atoms with Crippen LogP contribution in [0.5, 0.6) is 5.75 Å². The summed E-state index contributed by atoms with van der Waals surface area (Å²) in [4.78, 5) is 22.5. The monoisotopic (exact) mass is 423 g/mol. The van der Waals surface area contributed by atoms with Gasteiger partial charge in [-0.2, -0.15) is 0 Å². The van der Waals surface area contributed by atoms with Gasteiger partial charge in [0.1, 0.15) is 5.75 Å². The van der Waals surface area contributed by atoms with Crippen LogP contribution >= 0.6 is 34.3 Å². The molecule has 2 heterocycles. The molecule has 0 aliphatic carbocycles. The van der Waals surface area contributed by atoms with Crippen molar-refractivity contribution in [2.75, 3.05) is 38.7 Å². The van der Waals surface area contributed by atoms with Crippen LogP contribution in [-0.2, 0) is 11.2 Å². The van der Waals surface area contributed by atoms with E-state index in [2.05, 4.69) is 9.88 Å². The Hall–Kier alpha value is -1.67. The molecule has 0 spiro atoms. The molecule has 0 saturated heterocycles. The number of rotatable bonds is 8. The van der Waals surface area contributed by atoms with E-state index in [0.29, 0.717) is 29.0 Å². The number of hydrogen-bond donors (Lipinski definition) is 0. The summed E-state index contributed by atoms with van der Waals surface area (Å²) in [5.74, 6) is 0.846. The van der Waals surface area contributed by atoms with Crippen molar-refractivity contribution in [2.24, 2.45) is 0 Å². The Bertz CT molecular complexity index is 923. The fourth-order valence-electron chi connectivity index (χ4n) is 2.58. The van der Waals surface area contributed by atoms with Gasteiger partial charge in [-0.15, -0.1) is 11.3 Å². The highest BCUT2D eigenvalue weighted by Gasteiger charge is 2.21. The molecule has 5 nitrogen and oxygen atoms in total. The summed E-state index contributed by atoms with van der Waals surface area (Å²) < 4.78 is 7.28. The van der Waals surface area contributed by atoms with Crippen LogP contribution in [0.1, 0.15) is 11.8 Å². The molecule has 1 amide bonds. The standard InChI is InChI=1S/C19H22ClN3O2S2/c1-4-25-13-5-7-15-16(11-13)27-19(21-15)23(10-9-22(2)3)18(24)12-14-6-8-17(20)26-14/h5-8,11H,4,9-10,12H2,1-3H3. The van der Waals surface area contributed by atoms with E-state index in [1.165, 1.54) is 22.7 Å². The molecule has 8 heteroatoms. The summed E-state index contributed by atoms with van der Waals surface area (Å²) in [6, 6.07) is 9.56. The number of hydrogen-bond acceptors (Lipinski definition) is 6. The summed E-state index contributed by atoms with van der Waals surface area (Å²) in [7, 11) is 3.99. The van der Waals surface area contributed by atoms with Gasteiger partial charge in [-0.25, -0.2) is 4.98 Å². The molecular weight excluding hydrogens is 402 g/mol. The molecule has 0 N–H and O–H groups in total. The van der Waals surface area contributed by atoms with E-state index in [-0.39, 0.29) is 5.91 Å². The molecular formula is C19H22ClN3O2S2. The average Bonchev–Trinajstić information content (AvgIpc) is 3.20. The molecule has 144 valence electrons. The van der Waals surface area contributed by atoms with Crippen LogP contribution in [0, 0.1) is 0 Å². The van der Waals surface area contributed by atoms with E-state index >= 15 is 0 Å². The average molecular weight is 424 g/mol. The number of thiophene rings is 1. The Kier molecular flexibility index (Phi) is 6.70. The van der Waals surface area contributed by atoms with Crippen molar-refractivity contribution >= 4 is 55.5 Å². The number of halogens is 1. The number of nitrogens with zero attached hydrogens (tertiary/aromatic N) is 3. The molecule has 3 rings (SSSR count). The van der Waals surface area contributed by atoms with Crippen LogP contribution in [0.4, 0.5) is 5.13 Å². The van der Waals surface area contributed by atoms with Gasteiger partial charge in [0.2, 0.25) is 5.91 Å². The number of benzene rings is 1. The van der Waals surface area contributed by atoms with Crippen LogP contribution in [0.2, 0.25) is 4.34 Å². The zero-order valence-electron chi connectivity index (χ0n) is 15.6. The van der Waals surface area contributed by atoms with E-state index in [9.17, 15) is 4.79 Å². The number of thiazole rings is 1. The maximum absolute atomic E-state index is 13.0. The van der Waals surface area contributed by atoms with Gasteiger partial charge in [-0.3, -0.25) is 9.69 Å². The predicted octanol–water partition coefficient (Wildman–Crippen LogP) is 4.55. The summed E-state index contributed by atoms with van der Waals surface area (Å²) in [6.45, 7) is 3.93. The van der Waals surface area contributed by atoms with Crippen molar-refractivity contribution in [1.29, 1.82) is 0 Å². The number of carbonyl (C=O) groups excluding carboxylic acids is 1. The maximum Gasteiger partial charge on any atom is 0.234 e. The van der Waals surface area contributed by atoms with Gasteiger partial charge >= 0.3 is 0 Å². The lowest BCUT2D eigenvalue weighted by Gasteiger charge is -2.21. The van der Waals surface area contributed by atoms with E-state index in [0.717, 1.165) is 27.4 Å². The van der Waals surface area contributed by atoms with Gasteiger partial charge in [0, 0.05) is 18.0 Å². The van der Waals surface area contributed by atoms with E-state index in [4.69, 9.17) is 16.3 Å². The Balaban J connectivity index is 1.87. The van der Waals surface area contributed by atoms with Gasteiger partial charge in [0.25, 0.3) is 0 Å². The first-order chi connectivity index (χ1) is 13.0. The Morgan fingerprint density at radius 3 is 2.67 bits per heavy atom. The number of amides is 1. The zero-order chi connectivity index (χ0) is 19.4. The molecule has 0 radical (unpaired) electrons. The summed E-state index contributed by atoms with van der Waals surface area (Å²) in [6.07, 6.45) is 0.324. The van der Waals surface area contributed by atoms with Crippen molar-refractivity contribution in [1.82, 2.24) is 9.88 Å². The smallest absolute Gasteiger partial charge is 0.234 e. The number of likely N-dealkylation sites (N-methyl/N-ethyl adjacent to an activating group) is 1.